The van der Waals surface area contributed by atoms with Gasteiger partial charge in [-0.25, -0.2) is 4.79 Å². The molecule has 1 aromatic rings. The van der Waals surface area contributed by atoms with Crippen LogP contribution in [0.15, 0.2) is 30.9 Å². The number of hydrogen-bond acceptors (Lipinski definition) is 3. The third-order valence-electron chi connectivity index (χ3n) is 3.11. The van der Waals surface area contributed by atoms with E-state index in [-0.39, 0.29) is 12.3 Å². The molecule has 1 amide bonds. The molecule has 1 aliphatic rings. The standard InChI is InChI=1S/C14H16N2O3/c1-2-3-12(14(18)19)16-13(17)9-4-5-10-7-15-8-11(10)6-9/h2,4-6,12,15H,1,3,7-8H2,(H,16,17)(H,18,19). The second-order valence-electron chi connectivity index (χ2n) is 4.48. The summed E-state index contributed by atoms with van der Waals surface area (Å²) >= 11 is 0. The number of carbonyl (C=O) groups excluding carboxylic acids is 1. The fraction of sp³-hybridized carbons (Fsp3) is 0.286. The van der Waals surface area contributed by atoms with Gasteiger partial charge in [-0.1, -0.05) is 12.1 Å². The first-order valence-electron chi connectivity index (χ1n) is 6.09. The van der Waals surface area contributed by atoms with Crippen LogP contribution in [0.2, 0.25) is 0 Å². The number of aliphatic carboxylic acids is 1. The first-order chi connectivity index (χ1) is 9.11. The van der Waals surface area contributed by atoms with Crippen LogP contribution in [0.4, 0.5) is 0 Å². The second kappa shape index (κ2) is 5.67. The number of nitrogens with one attached hydrogen (secondary N) is 2. The maximum Gasteiger partial charge on any atom is 0.326 e. The summed E-state index contributed by atoms with van der Waals surface area (Å²) in [6.45, 7) is 5.04. The molecule has 1 aliphatic heterocycles. The van der Waals surface area contributed by atoms with Crippen LogP contribution in [0.25, 0.3) is 0 Å². The minimum absolute atomic E-state index is 0.202. The minimum Gasteiger partial charge on any atom is -0.480 e. The van der Waals surface area contributed by atoms with E-state index < -0.39 is 12.0 Å². The van der Waals surface area contributed by atoms with E-state index in [1.807, 2.05) is 6.07 Å². The SMILES string of the molecule is C=CCC(NC(=O)c1ccc2c(c1)CNC2)C(=O)O. The van der Waals surface area contributed by atoms with Crippen molar-refractivity contribution in [1.82, 2.24) is 10.6 Å². The zero-order valence-corrected chi connectivity index (χ0v) is 10.5. The molecule has 1 heterocycles. The Morgan fingerprint density at radius 2 is 2.16 bits per heavy atom. The summed E-state index contributed by atoms with van der Waals surface area (Å²) in [5.74, 6) is -1.43. The first kappa shape index (κ1) is 13.3. The van der Waals surface area contributed by atoms with E-state index >= 15 is 0 Å². The molecule has 0 aliphatic carbocycles. The Morgan fingerprint density at radius 3 is 2.84 bits per heavy atom. The van der Waals surface area contributed by atoms with Gasteiger partial charge in [-0.2, -0.15) is 0 Å². The van der Waals surface area contributed by atoms with E-state index in [1.54, 1.807) is 12.1 Å². The lowest BCUT2D eigenvalue weighted by Gasteiger charge is -2.13. The van der Waals surface area contributed by atoms with Gasteiger partial charge in [0.15, 0.2) is 0 Å². The molecule has 19 heavy (non-hydrogen) atoms. The van der Waals surface area contributed by atoms with E-state index in [1.165, 1.54) is 11.6 Å². The van der Waals surface area contributed by atoms with E-state index in [9.17, 15) is 9.59 Å². The van der Waals surface area contributed by atoms with Gasteiger partial charge in [-0.15, -0.1) is 6.58 Å². The van der Waals surface area contributed by atoms with Gasteiger partial charge in [-0.05, 0) is 29.7 Å². The van der Waals surface area contributed by atoms with Crippen molar-refractivity contribution >= 4 is 11.9 Å². The topological polar surface area (TPSA) is 78.4 Å². The lowest BCUT2D eigenvalue weighted by molar-refractivity contribution is -0.139. The van der Waals surface area contributed by atoms with Crippen molar-refractivity contribution in [1.29, 1.82) is 0 Å². The number of hydrogen-bond donors (Lipinski definition) is 3. The van der Waals surface area contributed by atoms with Crippen LogP contribution in [-0.2, 0) is 17.9 Å². The highest BCUT2D eigenvalue weighted by Crippen LogP contribution is 2.17. The lowest BCUT2D eigenvalue weighted by atomic mass is 10.1. The highest BCUT2D eigenvalue weighted by Gasteiger charge is 2.20. The van der Waals surface area contributed by atoms with Crippen molar-refractivity contribution in [2.75, 3.05) is 0 Å². The zero-order chi connectivity index (χ0) is 13.8. The lowest BCUT2D eigenvalue weighted by Crippen LogP contribution is -2.40. The maximum atomic E-state index is 12.0. The number of fused-ring (bicyclic) bond motifs is 1. The zero-order valence-electron chi connectivity index (χ0n) is 10.5. The van der Waals surface area contributed by atoms with Crippen molar-refractivity contribution < 1.29 is 14.7 Å². The third-order valence-corrected chi connectivity index (χ3v) is 3.11. The van der Waals surface area contributed by atoms with Crippen LogP contribution in [0.5, 0.6) is 0 Å². The van der Waals surface area contributed by atoms with Crippen LogP contribution >= 0.6 is 0 Å². The number of carboxylic acid groups (broad SMARTS) is 1. The number of rotatable bonds is 5. The van der Waals surface area contributed by atoms with E-state index in [0.717, 1.165) is 18.7 Å². The molecular weight excluding hydrogens is 244 g/mol. The molecule has 0 bridgehead atoms. The summed E-state index contributed by atoms with van der Waals surface area (Å²) < 4.78 is 0. The monoisotopic (exact) mass is 260 g/mol. The molecule has 1 aromatic carbocycles. The normalized spacial score (nSPS) is 14.5. The molecule has 0 fully saturated rings. The summed E-state index contributed by atoms with van der Waals surface area (Å²) in [6.07, 6.45) is 1.68. The maximum absolute atomic E-state index is 12.0. The van der Waals surface area contributed by atoms with Gasteiger partial charge in [0.2, 0.25) is 0 Å². The van der Waals surface area contributed by atoms with Crippen molar-refractivity contribution in [2.45, 2.75) is 25.6 Å². The quantitative estimate of drug-likeness (QED) is 0.691. The molecule has 3 N–H and O–H groups in total. The van der Waals surface area contributed by atoms with Crippen LogP contribution < -0.4 is 10.6 Å². The Balaban J connectivity index is 2.11. The second-order valence-corrected chi connectivity index (χ2v) is 4.48. The summed E-state index contributed by atoms with van der Waals surface area (Å²) in [4.78, 5) is 23.0. The van der Waals surface area contributed by atoms with Crippen molar-refractivity contribution in [3.8, 4) is 0 Å². The summed E-state index contributed by atoms with van der Waals surface area (Å²) in [5, 5.41) is 14.7. The Bertz CT molecular complexity index is 525. The number of amides is 1. The molecule has 0 aromatic heterocycles. The molecule has 2 rings (SSSR count). The molecule has 5 nitrogen and oxygen atoms in total. The van der Waals surface area contributed by atoms with E-state index in [4.69, 9.17) is 5.11 Å². The van der Waals surface area contributed by atoms with Crippen molar-refractivity contribution in [3.63, 3.8) is 0 Å². The Labute approximate surface area is 111 Å². The molecule has 0 saturated heterocycles. The van der Waals surface area contributed by atoms with Crippen molar-refractivity contribution in [3.05, 3.63) is 47.5 Å². The van der Waals surface area contributed by atoms with Gasteiger partial charge in [0.05, 0.1) is 0 Å². The highest BCUT2D eigenvalue weighted by atomic mass is 16.4. The molecule has 1 unspecified atom stereocenters. The van der Waals surface area contributed by atoms with Gasteiger partial charge in [-0.3, -0.25) is 4.79 Å². The predicted molar refractivity (Wildman–Crippen MR) is 70.7 cm³/mol. The van der Waals surface area contributed by atoms with Crippen molar-refractivity contribution in [2.24, 2.45) is 0 Å². The van der Waals surface area contributed by atoms with Crippen LogP contribution in [0.1, 0.15) is 27.9 Å². The van der Waals surface area contributed by atoms with Crippen LogP contribution in [0, 0.1) is 0 Å². The molecule has 0 saturated carbocycles. The Hall–Kier alpha value is -2.14. The fourth-order valence-corrected chi connectivity index (χ4v) is 2.07. The van der Waals surface area contributed by atoms with Crippen LogP contribution in [0.3, 0.4) is 0 Å². The number of carbonyl (C=O) groups is 2. The number of benzene rings is 1. The molecule has 0 spiro atoms. The predicted octanol–water partition coefficient (Wildman–Crippen LogP) is 1.05. The average molecular weight is 260 g/mol. The molecule has 5 heteroatoms. The van der Waals surface area contributed by atoms with Gasteiger partial charge in [0.1, 0.15) is 6.04 Å². The molecular formula is C14H16N2O3. The van der Waals surface area contributed by atoms with E-state index in [0.29, 0.717) is 5.56 Å². The fourth-order valence-electron chi connectivity index (χ4n) is 2.07. The minimum atomic E-state index is -1.06. The summed E-state index contributed by atoms with van der Waals surface area (Å²) in [5.41, 5.74) is 2.75. The third kappa shape index (κ3) is 3.00. The smallest absolute Gasteiger partial charge is 0.326 e. The molecule has 100 valence electrons. The van der Waals surface area contributed by atoms with Crippen LogP contribution in [-0.4, -0.2) is 23.0 Å². The Morgan fingerprint density at radius 1 is 1.42 bits per heavy atom. The van der Waals surface area contributed by atoms with Gasteiger partial charge in [0, 0.05) is 18.7 Å². The number of carboxylic acids is 1. The molecule has 1 atom stereocenters. The summed E-state index contributed by atoms with van der Waals surface area (Å²) in [7, 11) is 0. The van der Waals surface area contributed by atoms with Gasteiger partial charge < -0.3 is 15.7 Å². The highest BCUT2D eigenvalue weighted by molar-refractivity contribution is 5.96. The average Bonchev–Trinajstić information content (AvgIpc) is 2.85. The first-order valence-corrected chi connectivity index (χ1v) is 6.09. The van der Waals surface area contributed by atoms with Gasteiger partial charge in [0.25, 0.3) is 5.91 Å². The Kier molecular flexibility index (Phi) is 3.97. The molecule has 0 radical (unpaired) electrons. The van der Waals surface area contributed by atoms with Gasteiger partial charge >= 0.3 is 5.97 Å². The van der Waals surface area contributed by atoms with E-state index in [2.05, 4.69) is 17.2 Å². The largest absolute Gasteiger partial charge is 0.480 e. The summed E-state index contributed by atoms with van der Waals surface area (Å²) in [6, 6.07) is 4.48.